The van der Waals surface area contributed by atoms with Crippen molar-refractivity contribution in [3.63, 3.8) is 0 Å². The van der Waals surface area contributed by atoms with Gasteiger partial charge in [-0.3, -0.25) is 0 Å². The second kappa shape index (κ2) is 7.59. The van der Waals surface area contributed by atoms with Crippen LogP contribution in [-0.2, 0) is 27.3 Å². The van der Waals surface area contributed by atoms with Crippen LogP contribution in [0.5, 0.6) is 0 Å². The summed E-state index contributed by atoms with van der Waals surface area (Å²) in [5.41, 5.74) is -0.117. The summed E-state index contributed by atoms with van der Waals surface area (Å²) in [6.45, 7) is -0.586. The van der Waals surface area contributed by atoms with Crippen LogP contribution in [0.1, 0.15) is 11.1 Å². The zero-order valence-corrected chi connectivity index (χ0v) is 14.0. The number of aliphatic hydroxyl groups is 3. The highest BCUT2D eigenvalue weighted by Crippen LogP contribution is 2.39. The third-order valence-electron chi connectivity index (χ3n) is 4.31. The highest BCUT2D eigenvalue weighted by molar-refractivity contribution is 5.90. The molecule has 0 spiro atoms. The molecule has 0 fully saturated rings. The van der Waals surface area contributed by atoms with Crippen LogP contribution >= 0.6 is 0 Å². The second-order valence-electron chi connectivity index (χ2n) is 6.09. The minimum atomic E-state index is -1.69. The Hall–Kier alpha value is -2.83. The maximum absolute atomic E-state index is 12.0. The van der Waals surface area contributed by atoms with Crippen LogP contribution in [-0.4, -0.2) is 39.6 Å². The van der Waals surface area contributed by atoms with Gasteiger partial charge in [0, 0.05) is 6.42 Å². The molecule has 6 heteroatoms. The molecule has 6 nitrogen and oxygen atoms in total. The van der Waals surface area contributed by atoms with Gasteiger partial charge in [-0.1, -0.05) is 60.7 Å². The first-order chi connectivity index (χ1) is 12.6. The summed E-state index contributed by atoms with van der Waals surface area (Å²) < 4.78 is 11.0. The molecule has 0 saturated heterocycles. The van der Waals surface area contributed by atoms with Gasteiger partial charge in [0.15, 0.2) is 5.76 Å². The number of hydrogen-bond donors (Lipinski definition) is 3. The summed E-state index contributed by atoms with van der Waals surface area (Å²) >= 11 is 0. The normalized spacial score (nSPS) is 20.8. The molecular weight excluding hydrogens is 336 g/mol. The molecule has 2 atom stereocenters. The first-order valence-electron chi connectivity index (χ1n) is 8.23. The lowest BCUT2D eigenvalue weighted by Crippen LogP contribution is -2.49. The number of benzene rings is 2. The zero-order chi connectivity index (χ0) is 18.6. The van der Waals surface area contributed by atoms with E-state index in [-0.39, 0.29) is 18.8 Å². The number of aliphatic hydroxyl groups excluding tert-OH is 3. The van der Waals surface area contributed by atoms with E-state index in [0.29, 0.717) is 0 Å². The summed E-state index contributed by atoms with van der Waals surface area (Å²) in [7, 11) is 0. The molecule has 2 aromatic rings. The van der Waals surface area contributed by atoms with Crippen LogP contribution in [0.4, 0.5) is 0 Å². The molecule has 26 heavy (non-hydrogen) atoms. The van der Waals surface area contributed by atoms with E-state index in [2.05, 4.69) is 0 Å². The van der Waals surface area contributed by atoms with E-state index in [9.17, 15) is 20.1 Å². The third kappa shape index (κ3) is 3.42. The van der Waals surface area contributed by atoms with E-state index >= 15 is 0 Å². The van der Waals surface area contributed by atoms with E-state index in [1.165, 1.54) is 0 Å². The van der Waals surface area contributed by atoms with Crippen LogP contribution in [0.15, 0.2) is 72.2 Å². The van der Waals surface area contributed by atoms with Crippen LogP contribution < -0.4 is 0 Å². The predicted octanol–water partition coefficient (Wildman–Crippen LogP) is 1.86. The third-order valence-corrected chi connectivity index (χ3v) is 4.31. The Balaban J connectivity index is 1.94. The molecule has 1 heterocycles. The number of carbonyl (C=O) groups is 1. The average molecular weight is 356 g/mol. The Kier molecular flexibility index (Phi) is 5.25. The van der Waals surface area contributed by atoms with Crippen molar-refractivity contribution in [1.82, 2.24) is 0 Å². The first kappa shape index (κ1) is 18.0. The maximum atomic E-state index is 12.0. The Morgan fingerprint density at radius 3 is 2.15 bits per heavy atom. The van der Waals surface area contributed by atoms with Gasteiger partial charge in [-0.15, -0.1) is 0 Å². The molecule has 0 aliphatic carbocycles. The Morgan fingerprint density at radius 2 is 1.58 bits per heavy atom. The number of ether oxygens (including phenoxy) is 2. The standard InChI is InChI=1S/C20H20O6/c21-12-16(22)20(11-14-7-3-1-4-8-14)18(17(23)19(24)26-20)25-13-15-9-5-2-6-10-15/h1-10,16,21-23H,11-13H2/t16-,20+/m0/s1. The van der Waals surface area contributed by atoms with Crippen molar-refractivity contribution in [3.05, 3.63) is 83.3 Å². The Morgan fingerprint density at radius 1 is 1.00 bits per heavy atom. The van der Waals surface area contributed by atoms with Crippen LogP contribution in [0.2, 0.25) is 0 Å². The largest absolute Gasteiger partial charge is 0.499 e. The lowest BCUT2D eigenvalue weighted by atomic mass is 9.87. The summed E-state index contributed by atoms with van der Waals surface area (Å²) in [6.07, 6.45) is -1.41. The van der Waals surface area contributed by atoms with Crippen molar-refractivity contribution in [1.29, 1.82) is 0 Å². The first-order valence-corrected chi connectivity index (χ1v) is 8.23. The molecule has 3 rings (SSSR count). The van der Waals surface area contributed by atoms with Gasteiger partial charge in [0.25, 0.3) is 0 Å². The molecule has 0 amide bonds. The van der Waals surface area contributed by atoms with Gasteiger partial charge in [0.2, 0.25) is 11.4 Å². The van der Waals surface area contributed by atoms with Crippen molar-refractivity contribution in [2.45, 2.75) is 24.7 Å². The molecule has 2 aromatic carbocycles. The van der Waals surface area contributed by atoms with E-state index in [0.717, 1.165) is 11.1 Å². The quantitative estimate of drug-likeness (QED) is 0.656. The number of hydrogen-bond acceptors (Lipinski definition) is 6. The number of cyclic esters (lactones) is 1. The predicted molar refractivity (Wildman–Crippen MR) is 92.9 cm³/mol. The van der Waals surface area contributed by atoms with Gasteiger partial charge in [0.1, 0.15) is 12.7 Å². The second-order valence-corrected chi connectivity index (χ2v) is 6.09. The van der Waals surface area contributed by atoms with Crippen LogP contribution in [0.25, 0.3) is 0 Å². The summed E-state index contributed by atoms with van der Waals surface area (Å²) in [5.74, 6) is -1.85. The van der Waals surface area contributed by atoms with Gasteiger partial charge in [-0.2, -0.15) is 0 Å². The van der Waals surface area contributed by atoms with E-state index in [1.807, 2.05) is 36.4 Å². The lowest BCUT2D eigenvalue weighted by molar-refractivity contribution is -0.165. The monoisotopic (exact) mass is 356 g/mol. The molecule has 0 aromatic heterocycles. The van der Waals surface area contributed by atoms with Crippen LogP contribution in [0.3, 0.4) is 0 Å². The zero-order valence-electron chi connectivity index (χ0n) is 14.0. The number of rotatable bonds is 7. The Labute approximate surface area is 150 Å². The highest BCUT2D eigenvalue weighted by Gasteiger charge is 2.55. The van der Waals surface area contributed by atoms with Crippen molar-refractivity contribution in [3.8, 4) is 0 Å². The fourth-order valence-electron chi connectivity index (χ4n) is 2.97. The molecule has 1 aliphatic heterocycles. The fraction of sp³-hybridized carbons (Fsp3) is 0.250. The minimum Gasteiger partial charge on any atom is -0.499 e. The number of carbonyl (C=O) groups excluding carboxylic acids is 1. The summed E-state index contributed by atoms with van der Waals surface area (Å²) in [4.78, 5) is 12.0. The average Bonchev–Trinajstić information content (AvgIpc) is 2.91. The van der Waals surface area contributed by atoms with Gasteiger partial charge in [-0.25, -0.2) is 4.79 Å². The molecule has 0 bridgehead atoms. The molecule has 136 valence electrons. The number of esters is 1. The van der Waals surface area contributed by atoms with Crippen molar-refractivity contribution < 1.29 is 29.6 Å². The van der Waals surface area contributed by atoms with Gasteiger partial charge in [0.05, 0.1) is 6.61 Å². The summed E-state index contributed by atoms with van der Waals surface area (Å²) in [5, 5.41) is 30.1. The summed E-state index contributed by atoms with van der Waals surface area (Å²) in [6, 6.07) is 18.2. The molecule has 3 N–H and O–H groups in total. The lowest BCUT2D eigenvalue weighted by Gasteiger charge is -2.33. The van der Waals surface area contributed by atoms with Crippen molar-refractivity contribution >= 4 is 5.97 Å². The van der Waals surface area contributed by atoms with Gasteiger partial charge in [-0.05, 0) is 11.1 Å². The van der Waals surface area contributed by atoms with Gasteiger partial charge < -0.3 is 24.8 Å². The van der Waals surface area contributed by atoms with E-state index in [4.69, 9.17) is 9.47 Å². The molecular formula is C20H20O6. The fourth-order valence-corrected chi connectivity index (χ4v) is 2.97. The minimum absolute atomic E-state index is 0.0511. The SMILES string of the molecule is O=C1O[C@](Cc2ccccc2)([C@@H](O)CO)C(OCc2ccccc2)=C1O. The molecule has 0 radical (unpaired) electrons. The smallest absolute Gasteiger partial charge is 0.378 e. The maximum Gasteiger partial charge on any atom is 0.378 e. The Bertz CT molecular complexity index is 786. The van der Waals surface area contributed by atoms with Crippen LogP contribution in [0, 0.1) is 0 Å². The highest BCUT2D eigenvalue weighted by atomic mass is 16.6. The van der Waals surface area contributed by atoms with Crippen molar-refractivity contribution in [2.75, 3.05) is 6.61 Å². The molecule has 1 aliphatic rings. The van der Waals surface area contributed by atoms with Crippen molar-refractivity contribution in [2.24, 2.45) is 0 Å². The van der Waals surface area contributed by atoms with Gasteiger partial charge >= 0.3 is 5.97 Å². The topological polar surface area (TPSA) is 96.2 Å². The van der Waals surface area contributed by atoms with E-state index < -0.39 is 30.0 Å². The van der Waals surface area contributed by atoms with E-state index in [1.54, 1.807) is 24.3 Å². The molecule has 0 saturated carbocycles. The molecule has 0 unspecified atom stereocenters.